The summed E-state index contributed by atoms with van der Waals surface area (Å²) in [5.74, 6) is 0.106. The van der Waals surface area contributed by atoms with Gasteiger partial charge in [-0.15, -0.1) is 0 Å². The first kappa shape index (κ1) is 15.8. The van der Waals surface area contributed by atoms with Crippen LogP contribution in [0.15, 0.2) is 30.3 Å². The average Bonchev–Trinajstić information content (AvgIpc) is 2.50. The molecule has 0 radical (unpaired) electrons. The highest BCUT2D eigenvalue weighted by atomic mass is 16.5. The Morgan fingerprint density at radius 1 is 1.19 bits per heavy atom. The molecule has 5 nitrogen and oxygen atoms in total. The van der Waals surface area contributed by atoms with Gasteiger partial charge in [0.2, 0.25) is 0 Å². The highest BCUT2D eigenvalue weighted by Gasteiger charge is 2.19. The van der Waals surface area contributed by atoms with Crippen molar-refractivity contribution in [2.24, 2.45) is 0 Å². The lowest BCUT2D eigenvalue weighted by molar-refractivity contribution is -0.138. The van der Waals surface area contributed by atoms with Crippen molar-refractivity contribution in [3.8, 4) is 5.75 Å². The summed E-state index contributed by atoms with van der Waals surface area (Å²) in [6.45, 7) is 3.88. The van der Waals surface area contributed by atoms with Crippen LogP contribution in [0.25, 0.3) is 0 Å². The number of para-hydroxylation sites is 1. The molecule has 1 aromatic rings. The van der Waals surface area contributed by atoms with Gasteiger partial charge in [-0.2, -0.15) is 0 Å². The summed E-state index contributed by atoms with van der Waals surface area (Å²) in [6.07, 6.45) is 2.22. The molecule has 2 rings (SSSR count). The topological polar surface area (TPSA) is 59.0 Å². The first-order valence-electron chi connectivity index (χ1n) is 7.47. The molecule has 1 aromatic carbocycles. The van der Waals surface area contributed by atoms with Gasteiger partial charge < -0.3 is 14.6 Å². The van der Waals surface area contributed by atoms with E-state index < -0.39 is 5.97 Å². The van der Waals surface area contributed by atoms with Gasteiger partial charge in [-0.1, -0.05) is 18.2 Å². The Morgan fingerprint density at radius 3 is 2.57 bits per heavy atom. The summed E-state index contributed by atoms with van der Waals surface area (Å²) in [5, 5.41) is 8.57. The monoisotopic (exact) mass is 293 g/mol. The SMILES string of the molecule is O=C(O)CCOC1CCN(CCOc2ccccc2)CC1. The predicted molar refractivity (Wildman–Crippen MR) is 79.6 cm³/mol. The molecule has 1 N–H and O–H groups in total. The van der Waals surface area contributed by atoms with Gasteiger partial charge in [0, 0.05) is 19.6 Å². The van der Waals surface area contributed by atoms with Gasteiger partial charge in [-0.05, 0) is 25.0 Å². The molecule has 1 saturated heterocycles. The lowest BCUT2D eigenvalue weighted by Crippen LogP contribution is -2.39. The van der Waals surface area contributed by atoms with Crippen LogP contribution in [0, 0.1) is 0 Å². The number of carbonyl (C=O) groups is 1. The van der Waals surface area contributed by atoms with E-state index in [0.717, 1.165) is 38.2 Å². The molecule has 0 unspecified atom stereocenters. The standard InChI is InChI=1S/C16H23NO4/c18-16(19)8-12-20-15-6-9-17(10-7-15)11-13-21-14-4-2-1-3-5-14/h1-5,15H,6-13H2,(H,18,19). The van der Waals surface area contributed by atoms with Crippen molar-refractivity contribution in [1.82, 2.24) is 4.90 Å². The second kappa shape index (κ2) is 8.64. The highest BCUT2D eigenvalue weighted by molar-refractivity contribution is 5.66. The molecule has 116 valence electrons. The normalized spacial score (nSPS) is 16.8. The van der Waals surface area contributed by atoms with Gasteiger partial charge in [0.05, 0.1) is 19.1 Å². The maximum Gasteiger partial charge on any atom is 0.305 e. The summed E-state index contributed by atoms with van der Waals surface area (Å²) in [6, 6.07) is 9.83. The number of benzene rings is 1. The molecule has 1 fully saturated rings. The fourth-order valence-electron chi connectivity index (χ4n) is 2.42. The maximum atomic E-state index is 10.4. The van der Waals surface area contributed by atoms with Crippen molar-refractivity contribution in [3.05, 3.63) is 30.3 Å². The minimum absolute atomic E-state index is 0.0884. The van der Waals surface area contributed by atoms with Gasteiger partial charge in [0.1, 0.15) is 12.4 Å². The second-order valence-electron chi connectivity index (χ2n) is 5.22. The summed E-state index contributed by atoms with van der Waals surface area (Å²) in [5.41, 5.74) is 0. The van der Waals surface area contributed by atoms with E-state index in [2.05, 4.69) is 4.90 Å². The number of carboxylic acids is 1. The average molecular weight is 293 g/mol. The molecule has 1 aliphatic heterocycles. The molecule has 5 heteroatoms. The van der Waals surface area contributed by atoms with Crippen molar-refractivity contribution in [2.75, 3.05) is 32.8 Å². The predicted octanol–water partition coefficient (Wildman–Crippen LogP) is 2.02. The molecule has 0 spiro atoms. The number of carboxylic acid groups (broad SMARTS) is 1. The van der Waals surface area contributed by atoms with Gasteiger partial charge in [-0.3, -0.25) is 9.69 Å². The van der Waals surface area contributed by atoms with Crippen LogP contribution in [0.4, 0.5) is 0 Å². The fourth-order valence-corrected chi connectivity index (χ4v) is 2.42. The van der Waals surface area contributed by atoms with E-state index in [0.29, 0.717) is 13.2 Å². The minimum Gasteiger partial charge on any atom is -0.492 e. The molecule has 1 aliphatic rings. The molecule has 0 bridgehead atoms. The van der Waals surface area contributed by atoms with Gasteiger partial charge in [0.25, 0.3) is 0 Å². The zero-order chi connectivity index (χ0) is 14.9. The van der Waals surface area contributed by atoms with Gasteiger partial charge in [0.15, 0.2) is 0 Å². The van der Waals surface area contributed by atoms with E-state index in [1.165, 1.54) is 0 Å². The molecule has 0 atom stereocenters. The molecular weight excluding hydrogens is 270 g/mol. The Labute approximate surface area is 125 Å². The first-order valence-corrected chi connectivity index (χ1v) is 7.47. The summed E-state index contributed by atoms with van der Waals surface area (Å²) < 4.78 is 11.3. The Hall–Kier alpha value is -1.59. The number of aliphatic carboxylic acids is 1. The van der Waals surface area contributed by atoms with Crippen LogP contribution in [0.3, 0.4) is 0 Å². The van der Waals surface area contributed by atoms with E-state index in [1.807, 2.05) is 30.3 Å². The van der Waals surface area contributed by atoms with Crippen LogP contribution >= 0.6 is 0 Å². The third-order valence-corrected chi connectivity index (χ3v) is 3.62. The maximum absolute atomic E-state index is 10.4. The Bertz CT molecular complexity index is 416. The number of likely N-dealkylation sites (tertiary alicyclic amines) is 1. The van der Waals surface area contributed by atoms with Crippen LogP contribution in [0.5, 0.6) is 5.75 Å². The Kier molecular flexibility index (Phi) is 6.50. The number of hydrogen-bond acceptors (Lipinski definition) is 4. The van der Waals surface area contributed by atoms with Crippen LogP contribution in [-0.4, -0.2) is 54.9 Å². The molecule has 0 amide bonds. The largest absolute Gasteiger partial charge is 0.492 e. The lowest BCUT2D eigenvalue weighted by Gasteiger charge is -2.31. The van der Waals surface area contributed by atoms with Crippen LogP contribution in [-0.2, 0) is 9.53 Å². The molecule has 1 heterocycles. The van der Waals surface area contributed by atoms with E-state index in [4.69, 9.17) is 14.6 Å². The Balaban J connectivity index is 1.55. The number of ether oxygens (including phenoxy) is 2. The smallest absolute Gasteiger partial charge is 0.305 e. The Morgan fingerprint density at radius 2 is 1.90 bits per heavy atom. The number of hydrogen-bond donors (Lipinski definition) is 1. The van der Waals surface area contributed by atoms with E-state index in [9.17, 15) is 4.79 Å². The highest BCUT2D eigenvalue weighted by Crippen LogP contribution is 2.14. The minimum atomic E-state index is -0.800. The molecular formula is C16H23NO4. The van der Waals surface area contributed by atoms with Gasteiger partial charge in [-0.25, -0.2) is 0 Å². The number of nitrogens with zero attached hydrogens (tertiary/aromatic N) is 1. The number of piperidine rings is 1. The van der Waals surface area contributed by atoms with Crippen LogP contribution in [0.2, 0.25) is 0 Å². The molecule has 0 aliphatic carbocycles. The van der Waals surface area contributed by atoms with Gasteiger partial charge >= 0.3 is 5.97 Å². The molecule has 21 heavy (non-hydrogen) atoms. The second-order valence-corrected chi connectivity index (χ2v) is 5.22. The number of rotatable bonds is 8. The third kappa shape index (κ3) is 6.14. The van der Waals surface area contributed by atoms with E-state index in [1.54, 1.807) is 0 Å². The molecule has 0 aromatic heterocycles. The van der Waals surface area contributed by atoms with Crippen LogP contribution in [0.1, 0.15) is 19.3 Å². The summed E-state index contributed by atoms with van der Waals surface area (Å²) >= 11 is 0. The van der Waals surface area contributed by atoms with Crippen molar-refractivity contribution in [2.45, 2.75) is 25.4 Å². The van der Waals surface area contributed by atoms with Crippen molar-refractivity contribution in [1.29, 1.82) is 0 Å². The lowest BCUT2D eigenvalue weighted by atomic mass is 10.1. The van der Waals surface area contributed by atoms with Crippen LogP contribution < -0.4 is 4.74 Å². The quantitative estimate of drug-likeness (QED) is 0.794. The third-order valence-electron chi connectivity index (χ3n) is 3.62. The van der Waals surface area contributed by atoms with E-state index >= 15 is 0 Å². The van der Waals surface area contributed by atoms with E-state index in [-0.39, 0.29) is 12.5 Å². The van der Waals surface area contributed by atoms with Crippen molar-refractivity contribution in [3.63, 3.8) is 0 Å². The molecule has 0 saturated carbocycles. The summed E-state index contributed by atoms with van der Waals surface area (Å²) in [4.78, 5) is 12.8. The first-order chi connectivity index (χ1) is 10.2. The zero-order valence-electron chi connectivity index (χ0n) is 12.2. The summed E-state index contributed by atoms with van der Waals surface area (Å²) in [7, 11) is 0. The van der Waals surface area contributed by atoms with Crippen molar-refractivity contribution < 1.29 is 19.4 Å². The fraction of sp³-hybridized carbons (Fsp3) is 0.562. The van der Waals surface area contributed by atoms with Crippen molar-refractivity contribution >= 4 is 5.97 Å². The zero-order valence-corrected chi connectivity index (χ0v) is 12.2.